The summed E-state index contributed by atoms with van der Waals surface area (Å²) >= 11 is 5.20. The Bertz CT molecular complexity index is 767. The number of nitrogens with zero attached hydrogens (tertiary/aromatic N) is 1. The van der Waals surface area contributed by atoms with Crippen LogP contribution in [0, 0.1) is 4.64 Å². The van der Waals surface area contributed by atoms with E-state index in [1.165, 1.54) is 19.3 Å². The quantitative estimate of drug-likeness (QED) is 0.509. The first-order valence-corrected chi connectivity index (χ1v) is 6.53. The summed E-state index contributed by atoms with van der Waals surface area (Å²) in [5.74, 6) is -0.471. The van der Waals surface area contributed by atoms with Crippen LogP contribution in [-0.2, 0) is 14.3 Å². The number of benzene rings is 1. The van der Waals surface area contributed by atoms with Gasteiger partial charge >= 0.3 is 5.97 Å². The van der Waals surface area contributed by atoms with Crippen LogP contribution in [-0.4, -0.2) is 35.5 Å². The molecule has 0 spiro atoms. The van der Waals surface area contributed by atoms with Gasteiger partial charge in [0.05, 0.1) is 7.11 Å². The number of carbonyl (C=O) groups excluding carboxylic acids is 2. The number of aromatic amines is 1. The number of hydrogen-bond acceptors (Lipinski definition) is 5. The normalized spacial score (nSPS) is 10.7. The average Bonchev–Trinajstić information content (AvgIpc) is 2.50. The van der Waals surface area contributed by atoms with Crippen molar-refractivity contribution in [3.05, 3.63) is 40.8 Å². The summed E-state index contributed by atoms with van der Waals surface area (Å²) in [7, 11) is 1.25. The molecule has 0 radical (unpaired) electrons. The minimum absolute atomic E-state index is 0.180. The van der Waals surface area contributed by atoms with Gasteiger partial charge in [0.2, 0.25) is 5.91 Å². The Hall–Kier alpha value is -2.54. The third kappa shape index (κ3) is 3.96. The number of H-pyrrole nitrogens is 1. The Morgan fingerprint density at radius 1 is 1.43 bits per heavy atom. The maximum absolute atomic E-state index is 11.5. The molecule has 2 aromatic rings. The standard InChI is InChI=1S/C14H13N3O3S/c1-20-13(19)8-15-12(18)7-6-11-16-10-5-3-2-4-9(10)14(21)17-11/h2-7H,8H2,1H3,(H,15,18)(H,16,17,21)/b7-6+. The van der Waals surface area contributed by atoms with Crippen molar-refractivity contribution in [1.29, 1.82) is 0 Å². The molecule has 21 heavy (non-hydrogen) atoms. The second-order valence-corrected chi connectivity index (χ2v) is 4.49. The second kappa shape index (κ2) is 6.76. The molecule has 0 aliphatic heterocycles. The number of fused-ring (bicyclic) bond motifs is 1. The van der Waals surface area contributed by atoms with Crippen LogP contribution in [0.15, 0.2) is 30.3 Å². The zero-order valence-electron chi connectivity index (χ0n) is 11.3. The largest absolute Gasteiger partial charge is 0.468 e. The number of rotatable bonds is 4. The topological polar surface area (TPSA) is 84.1 Å². The summed E-state index contributed by atoms with van der Waals surface area (Å²) < 4.78 is 4.87. The predicted molar refractivity (Wildman–Crippen MR) is 81.0 cm³/mol. The van der Waals surface area contributed by atoms with Gasteiger partial charge in [0, 0.05) is 17.0 Å². The SMILES string of the molecule is COC(=O)CNC(=O)/C=C/c1nc(=S)c2ccccc2[nH]1. The Morgan fingerprint density at radius 3 is 2.95 bits per heavy atom. The van der Waals surface area contributed by atoms with Crippen molar-refractivity contribution < 1.29 is 14.3 Å². The molecular formula is C14H13N3O3S. The Balaban J connectivity index is 2.12. The molecule has 7 heteroatoms. The molecule has 0 saturated carbocycles. The summed E-state index contributed by atoms with van der Waals surface area (Å²) in [6.45, 7) is -0.180. The highest BCUT2D eigenvalue weighted by molar-refractivity contribution is 7.71. The molecule has 0 bridgehead atoms. The summed E-state index contributed by atoms with van der Waals surface area (Å²) in [6, 6.07) is 7.51. The van der Waals surface area contributed by atoms with E-state index < -0.39 is 11.9 Å². The molecule has 108 valence electrons. The van der Waals surface area contributed by atoms with Crippen molar-refractivity contribution in [3.8, 4) is 0 Å². The van der Waals surface area contributed by atoms with E-state index in [9.17, 15) is 9.59 Å². The highest BCUT2D eigenvalue weighted by atomic mass is 32.1. The van der Waals surface area contributed by atoms with Gasteiger partial charge in [-0.05, 0) is 18.2 Å². The molecule has 1 amide bonds. The lowest BCUT2D eigenvalue weighted by molar-refractivity contribution is -0.140. The summed E-state index contributed by atoms with van der Waals surface area (Å²) in [5, 5.41) is 3.23. The van der Waals surface area contributed by atoms with Crippen LogP contribution in [0.5, 0.6) is 0 Å². The molecule has 0 unspecified atom stereocenters. The lowest BCUT2D eigenvalue weighted by atomic mass is 10.2. The fourth-order valence-electron chi connectivity index (χ4n) is 1.64. The Kier molecular flexibility index (Phi) is 4.78. The second-order valence-electron chi connectivity index (χ2n) is 4.10. The van der Waals surface area contributed by atoms with Crippen LogP contribution in [0.1, 0.15) is 5.82 Å². The van der Waals surface area contributed by atoms with E-state index in [4.69, 9.17) is 12.2 Å². The summed E-state index contributed by atoms with van der Waals surface area (Å²) in [5.41, 5.74) is 0.840. The van der Waals surface area contributed by atoms with Crippen molar-refractivity contribution >= 4 is 41.1 Å². The molecule has 2 N–H and O–H groups in total. The highest BCUT2D eigenvalue weighted by Gasteiger charge is 2.02. The van der Waals surface area contributed by atoms with E-state index in [1.807, 2.05) is 24.3 Å². The molecular weight excluding hydrogens is 290 g/mol. The first-order chi connectivity index (χ1) is 10.1. The molecule has 0 aliphatic carbocycles. The lowest BCUT2D eigenvalue weighted by Gasteiger charge is -2.01. The summed E-state index contributed by atoms with van der Waals surface area (Å²) in [6.07, 6.45) is 2.76. The zero-order valence-corrected chi connectivity index (χ0v) is 12.1. The van der Waals surface area contributed by atoms with Crippen molar-refractivity contribution in [3.63, 3.8) is 0 Å². The number of aromatic nitrogens is 2. The van der Waals surface area contributed by atoms with E-state index in [0.29, 0.717) is 10.5 Å². The van der Waals surface area contributed by atoms with Crippen LogP contribution in [0.2, 0.25) is 0 Å². The number of para-hydroxylation sites is 1. The van der Waals surface area contributed by atoms with E-state index >= 15 is 0 Å². The van der Waals surface area contributed by atoms with Crippen molar-refractivity contribution in [2.24, 2.45) is 0 Å². The van der Waals surface area contributed by atoms with Crippen LogP contribution >= 0.6 is 12.2 Å². The van der Waals surface area contributed by atoms with Gasteiger partial charge in [-0.3, -0.25) is 9.59 Å². The number of nitrogens with one attached hydrogen (secondary N) is 2. The van der Waals surface area contributed by atoms with Crippen LogP contribution in [0.3, 0.4) is 0 Å². The van der Waals surface area contributed by atoms with Gasteiger partial charge in [0.1, 0.15) is 17.0 Å². The smallest absolute Gasteiger partial charge is 0.325 e. The molecule has 1 aromatic carbocycles. The molecule has 6 nitrogen and oxygen atoms in total. The maximum atomic E-state index is 11.5. The predicted octanol–water partition coefficient (Wildman–Crippen LogP) is 1.59. The number of amides is 1. The van der Waals surface area contributed by atoms with Crippen molar-refractivity contribution in [1.82, 2.24) is 15.3 Å². The molecule has 0 saturated heterocycles. The van der Waals surface area contributed by atoms with Gasteiger partial charge in [-0.1, -0.05) is 24.4 Å². The van der Waals surface area contributed by atoms with Crippen molar-refractivity contribution in [2.45, 2.75) is 0 Å². The molecule has 2 rings (SSSR count). The van der Waals surface area contributed by atoms with Crippen LogP contribution in [0.4, 0.5) is 0 Å². The van der Waals surface area contributed by atoms with E-state index in [2.05, 4.69) is 20.0 Å². The van der Waals surface area contributed by atoms with Gasteiger partial charge in [-0.2, -0.15) is 0 Å². The van der Waals surface area contributed by atoms with Gasteiger partial charge in [0.25, 0.3) is 0 Å². The Labute approximate surface area is 125 Å². The first-order valence-electron chi connectivity index (χ1n) is 6.12. The van der Waals surface area contributed by atoms with Crippen LogP contribution < -0.4 is 5.32 Å². The fourth-order valence-corrected chi connectivity index (χ4v) is 1.91. The van der Waals surface area contributed by atoms with E-state index in [0.717, 1.165) is 10.9 Å². The van der Waals surface area contributed by atoms with Gasteiger partial charge in [0.15, 0.2) is 0 Å². The van der Waals surface area contributed by atoms with E-state index in [-0.39, 0.29) is 6.54 Å². The molecule has 1 heterocycles. The minimum atomic E-state index is -0.514. The first kappa shape index (κ1) is 14.9. The number of ether oxygens (including phenoxy) is 1. The van der Waals surface area contributed by atoms with Gasteiger partial charge in [-0.15, -0.1) is 0 Å². The Morgan fingerprint density at radius 2 is 2.19 bits per heavy atom. The zero-order chi connectivity index (χ0) is 15.2. The lowest BCUT2D eigenvalue weighted by Crippen LogP contribution is -2.28. The number of hydrogen-bond donors (Lipinski definition) is 2. The highest BCUT2D eigenvalue weighted by Crippen LogP contribution is 2.12. The van der Waals surface area contributed by atoms with Crippen LogP contribution in [0.25, 0.3) is 17.0 Å². The summed E-state index contributed by atoms with van der Waals surface area (Å²) in [4.78, 5) is 29.6. The maximum Gasteiger partial charge on any atom is 0.325 e. The molecule has 0 atom stereocenters. The third-order valence-electron chi connectivity index (χ3n) is 2.67. The molecule has 0 fully saturated rings. The van der Waals surface area contributed by atoms with Crippen molar-refractivity contribution in [2.75, 3.05) is 13.7 Å². The molecule has 0 aliphatic rings. The number of esters is 1. The fraction of sp³-hybridized carbons (Fsp3) is 0.143. The third-order valence-corrected chi connectivity index (χ3v) is 2.98. The molecule has 1 aromatic heterocycles. The number of methoxy groups -OCH3 is 1. The minimum Gasteiger partial charge on any atom is -0.468 e. The van der Waals surface area contributed by atoms with Gasteiger partial charge < -0.3 is 15.0 Å². The van der Waals surface area contributed by atoms with Gasteiger partial charge in [-0.25, -0.2) is 4.98 Å². The monoisotopic (exact) mass is 303 g/mol. The van der Waals surface area contributed by atoms with E-state index in [1.54, 1.807) is 0 Å². The number of carbonyl (C=O) groups is 2. The average molecular weight is 303 g/mol.